The Morgan fingerprint density at radius 2 is 1.93 bits per heavy atom. The Bertz CT molecular complexity index is 908. The van der Waals surface area contributed by atoms with Crippen molar-refractivity contribution in [2.45, 2.75) is 24.7 Å². The molecule has 0 radical (unpaired) electrons. The van der Waals surface area contributed by atoms with E-state index in [1.165, 1.54) is 36.0 Å². The lowest BCUT2D eigenvalue weighted by Gasteiger charge is -2.23. The van der Waals surface area contributed by atoms with Crippen LogP contribution in [0, 0.1) is 6.92 Å². The number of benzene rings is 2. The highest BCUT2D eigenvalue weighted by atomic mass is 35.5. The molecule has 0 bridgehead atoms. The maximum atomic E-state index is 6.55. The van der Waals surface area contributed by atoms with Crippen LogP contribution >= 0.6 is 34.9 Å². The van der Waals surface area contributed by atoms with E-state index in [-0.39, 0.29) is 0 Å². The van der Waals surface area contributed by atoms with Gasteiger partial charge in [-0.25, -0.2) is 4.98 Å². The SMILES string of the molecule is Cc1ccc(Nc2ccc(SNc3cscn3)cc2Cl)c(N2CCCC2)c1. The lowest BCUT2D eigenvalue weighted by molar-refractivity contribution is 0.949. The highest BCUT2D eigenvalue weighted by Crippen LogP contribution is 2.36. The third kappa shape index (κ3) is 4.51. The van der Waals surface area contributed by atoms with Gasteiger partial charge in [-0.05, 0) is 67.6 Å². The van der Waals surface area contributed by atoms with E-state index in [0.29, 0.717) is 5.02 Å². The van der Waals surface area contributed by atoms with Crippen LogP contribution in [-0.2, 0) is 0 Å². The summed E-state index contributed by atoms with van der Waals surface area (Å²) in [6, 6.07) is 12.6. The fourth-order valence-electron chi connectivity index (χ4n) is 3.15. The molecule has 0 unspecified atom stereocenters. The molecule has 1 aromatic heterocycles. The quantitative estimate of drug-likeness (QED) is 0.445. The van der Waals surface area contributed by atoms with Gasteiger partial charge >= 0.3 is 0 Å². The van der Waals surface area contributed by atoms with E-state index in [9.17, 15) is 0 Å². The largest absolute Gasteiger partial charge is 0.370 e. The topological polar surface area (TPSA) is 40.2 Å². The maximum Gasteiger partial charge on any atom is 0.147 e. The van der Waals surface area contributed by atoms with Crippen molar-refractivity contribution in [2.75, 3.05) is 28.0 Å². The van der Waals surface area contributed by atoms with Crippen molar-refractivity contribution in [3.8, 4) is 0 Å². The molecule has 0 amide bonds. The molecule has 7 heteroatoms. The van der Waals surface area contributed by atoms with E-state index in [1.54, 1.807) is 11.3 Å². The number of aromatic nitrogens is 1. The number of hydrogen-bond donors (Lipinski definition) is 2. The van der Waals surface area contributed by atoms with Crippen LogP contribution in [0.3, 0.4) is 0 Å². The first kappa shape index (κ1) is 18.5. The van der Waals surface area contributed by atoms with Crippen molar-refractivity contribution in [3.63, 3.8) is 0 Å². The minimum Gasteiger partial charge on any atom is -0.370 e. The zero-order chi connectivity index (χ0) is 18.6. The summed E-state index contributed by atoms with van der Waals surface area (Å²) in [4.78, 5) is 7.71. The molecule has 0 atom stereocenters. The lowest BCUT2D eigenvalue weighted by atomic mass is 10.1. The molecule has 1 aliphatic rings. The van der Waals surface area contributed by atoms with E-state index >= 15 is 0 Å². The second-order valence-electron chi connectivity index (χ2n) is 6.56. The fraction of sp³-hybridized carbons (Fsp3) is 0.250. The average molecular weight is 417 g/mol. The molecule has 3 aromatic rings. The van der Waals surface area contributed by atoms with Gasteiger partial charge in [-0.3, -0.25) is 0 Å². The van der Waals surface area contributed by atoms with Crippen LogP contribution in [0.15, 0.2) is 52.2 Å². The lowest BCUT2D eigenvalue weighted by Crippen LogP contribution is -2.19. The summed E-state index contributed by atoms with van der Waals surface area (Å²) in [7, 11) is 0. The monoisotopic (exact) mass is 416 g/mol. The van der Waals surface area contributed by atoms with Gasteiger partial charge in [-0.2, -0.15) is 0 Å². The Kier molecular flexibility index (Phi) is 5.76. The Balaban J connectivity index is 1.51. The van der Waals surface area contributed by atoms with E-state index in [4.69, 9.17) is 11.6 Å². The molecule has 1 aliphatic heterocycles. The number of rotatable bonds is 6. The molecule has 4 rings (SSSR count). The Morgan fingerprint density at radius 3 is 2.67 bits per heavy atom. The van der Waals surface area contributed by atoms with Crippen molar-refractivity contribution in [3.05, 3.63) is 57.9 Å². The standard InChI is InChI=1S/C20H21ClN4S2/c1-14-4-6-18(19(10-14)25-8-2-3-9-25)23-17-7-5-15(11-16(17)21)27-24-20-12-26-13-22-20/h4-7,10-13,23-24H,2-3,8-9H2,1H3. The highest BCUT2D eigenvalue weighted by Gasteiger charge is 2.16. The maximum absolute atomic E-state index is 6.55. The van der Waals surface area contributed by atoms with E-state index in [1.807, 2.05) is 23.0 Å². The van der Waals surface area contributed by atoms with Crippen molar-refractivity contribution in [2.24, 2.45) is 0 Å². The molecular weight excluding hydrogens is 396 g/mol. The van der Waals surface area contributed by atoms with Crippen molar-refractivity contribution < 1.29 is 0 Å². The van der Waals surface area contributed by atoms with Crippen molar-refractivity contribution in [1.82, 2.24) is 4.98 Å². The molecule has 0 saturated carbocycles. The van der Waals surface area contributed by atoms with Crippen LogP contribution in [0.4, 0.5) is 22.9 Å². The van der Waals surface area contributed by atoms with E-state index in [2.05, 4.69) is 51.1 Å². The van der Waals surface area contributed by atoms with Gasteiger partial charge in [0.1, 0.15) is 5.82 Å². The summed E-state index contributed by atoms with van der Waals surface area (Å²) in [5, 5.41) is 6.20. The zero-order valence-electron chi connectivity index (χ0n) is 15.0. The number of nitrogens with zero attached hydrogens (tertiary/aromatic N) is 2. The second-order valence-corrected chi connectivity index (χ2v) is 8.56. The summed E-state index contributed by atoms with van der Waals surface area (Å²) in [6.07, 6.45) is 2.51. The third-order valence-electron chi connectivity index (χ3n) is 4.52. The Morgan fingerprint density at radius 1 is 1.11 bits per heavy atom. The van der Waals surface area contributed by atoms with Gasteiger partial charge in [0.25, 0.3) is 0 Å². The Hall–Kier alpha value is -1.89. The Labute approximate surface area is 173 Å². The van der Waals surface area contributed by atoms with Crippen molar-refractivity contribution >= 4 is 57.8 Å². The molecular formula is C20H21ClN4S2. The van der Waals surface area contributed by atoms with Crippen LogP contribution in [0.25, 0.3) is 0 Å². The molecule has 2 heterocycles. The number of aryl methyl sites for hydroxylation is 1. The third-order valence-corrected chi connectivity index (χ3v) is 6.22. The first-order chi connectivity index (χ1) is 13.2. The number of thiazole rings is 1. The number of anilines is 4. The molecule has 2 N–H and O–H groups in total. The van der Waals surface area contributed by atoms with Crippen LogP contribution in [0.2, 0.25) is 5.02 Å². The van der Waals surface area contributed by atoms with Crippen molar-refractivity contribution in [1.29, 1.82) is 0 Å². The molecule has 0 aliphatic carbocycles. The summed E-state index contributed by atoms with van der Waals surface area (Å²) in [5.74, 6) is 0.859. The number of nitrogens with one attached hydrogen (secondary N) is 2. The van der Waals surface area contributed by atoms with Crippen LogP contribution in [0.5, 0.6) is 0 Å². The minimum atomic E-state index is 0.702. The smallest absolute Gasteiger partial charge is 0.147 e. The predicted octanol–water partition coefficient (Wildman–Crippen LogP) is 6.57. The van der Waals surface area contributed by atoms with E-state index < -0.39 is 0 Å². The number of hydrogen-bond acceptors (Lipinski definition) is 6. The van der Waals surface area contributed by atoms with Gasteiger partial charge in [-0.15, -0.1) is 11.3 Å². The first-order valence-corrected chi connectivity index (χ1v) is 11.1. The summed E-state index contributed by atoms with van der Waals surface area (Å²) >= 11 is 9.63. The normalized spacial score (nSPS) is 13.8. The molecule has 1 saturated heterocycles. The summed E-state index contributed by atoms with van der Waals surface area (Å²) < 4.78 is 3.22. The number of halogens is 1. The summed E-state index contributed by atoms with van der Waals surface area (Å²) in [6.45, 7) is 4.37. The van der Waals surface area contributed by atoms with Gasteiger partial charge in [0.15, 0.2) is 0 Å². The molecule has 4 nitrogen and oxygen atoms in total. The van der Waals surface area contributed by atoms with Gasteiger partial charge in [-0.1, -0.05) is 17.7 Å². The molecule has 2 aromatic carbocycles. The van der Waals surface area contributed by atoms with E-state index in [0.717, 1.165) is 35.2 Å². The van der Waals surface area contributed by atoms with Gasteiger partial charge in [0.2, 0.25) is 0 Å². The highest BCUT2D eigenvalue weighted by molar-refractivity contribution is 8.00. The van der Waals surface area contributed by atoms with Crippen LogP contribution in [0.1, 0.15) is 18.4 Å². The van der Waals surface area contributed by atoms with Gasteiger partial charge in [0, 0.05) is 23.4 Å². The molecule has 27 heavy (non-hydrogen) atoms. The summed E-state index contributed by atoms with van der Waals surface area (Å²) in [5.41, 5.74) is 6.35. The average Bonchev–Trinajstić information content (AvgIpc) is 3.37. The predicted molar refractivity (Wildman–Crippen MR) is 119 cm³/mol. The fourth-order valence-corrected chi connectivity index (χ4v) is 4.64. The first-order valence-electron chi connectivity index (χ1n) is 8.92. The second kappa shape index (κ2) is 8.42. The van der Waals surface area contributed by atoms with Crippen LogP contribution < -0.4 is 14.9 Å². The molecule has 0 spiro atoms. The van der Waals surface area contributed by atoms with Gasteiger partial charge < -0.3 is 14.9 Å². The molecule has 1 fully saturated rings. The van der Waals surface area contributed by atoms with Gasteiger partial charge in [0.05, 0.1) is 27.6 Å². The zero-order valence-corrected chi connectivity index (χ0v) is 17.4. The molecule has 140 valence electrons. The van der Waals surface area contributed by atoms with Crippen LogP contribution in [-0.4, -0.2) is 18.1 Å². The minimum absolute atomic E-state index is 0.702.